The number of pyridine rings is 1. The summed E-state index contributed by atoms with van der Waals surface area (Å²) in [5.74, 6) is -0.659. The summed E-state index contributed by atoms with van der Waals surface area (Å²) in [6.07, 6.45) is 0. The Bertz CT molecular complexity index is 929. The van der Waals surface area contributed by atoms with Crippen LogP contribution in [0.3, 0.4) is 0 Å². The number of carbonyl (C=O) groups excluding carboxylic acids is 1. The van der Waals surface area contributed by atoms with Crippen LogP contribution in [0.2, 0.25) is 0 Å². The van der Waals surface area contributed by atoms with Crippen molar-refractivity contribution in [3.8, 4) is 11.4 Å². The molecule has 3 rings (SSSR count). The fraction of sp³-hybridized carbons (Fsp3) is 0.111. The Morgan fingerprint density at radius 3 is 2.26 bits per heavy atom. The van der Waals surface area contributed by atoms with Gasteiger partial charge in [0.1, 0.15) is 0 Å². The number of nitrogens with zero attached hydrogens (tertiary/aromatic N) is 1. The van der Waals surface area contributed by atoms with Gasteiger partial charge in [-0.05, 0) is 24.3 Å². The lowest BCUT2D eigenvalue weighted by molar-refractivity contribution is 0.0587. The minimum absolute atomic E-state index is 0.0283. The van der Waals surface area contributed by atoms with Crippen LogP contribution in [0.25, 0.3) is 16.6 Å². The first-order valence-electron chi connectivity index (χ1n) is 7.04. The molecule has 3 aromatic rings. The lowest BCUT2D eigenvalue weighted by atomic mass is 10.1. The van der Waals surface area contributed by atoms with Gasteiger partial charge in [0.05, 0.1) is 19.7 Å². The van der Waals surface area contributed by atoms with E-state index in [4.69, 9.17) is 9.47 Å². The van der Waals surface area contributed by atoms with Crippen molar-refractivity contribution in [2.75, 3.05) is 14.2 Å². The van der Waals surface area contributed by atoms with Gasteiger partial charge in [-0.3, -0.25) is 4.79 Å². The van der Waals surface area contributed by atoms with Crippen LogP contribution >= 0.6 is 0 Å². The van der Waals surface area contributed by atoms with E-state index in [1.54, 1.807) is 22.8 Å². The number of methoxy groups -OCH3 is 2. The van der Waals surface area contributed by atoms with Gasteiger partial charge in [-0.25, -0.2) is 4.79 Å². The highest BCUT2D eigenvalue weighted by Gasteiger charge is 2.24. The van der Waals surface area contributed by atoms with Gasteiger partial charge >= 0.3 is 5.97 Å². The molecule has 0 aliphatic rings. The van der Waals surface area contributed by atoms with E-state index in [0.717, 1.165) is 5.69 Å². The fourth-order valence-corrected chi connectivity index (χ4v) is 2.63. The smallest absolute Gasteiger partial charge is 0.359 e. The number of hydrogen-bond donors (Lipinski definition) is 0. The number of fused-ring (bicyclic) bond motifs is 1. The molecule has 5 heteroatoms. The zero-order chi connectivity index (χ0) is 16.4. The summed E-state index contributed by atoms with van der Waals surface area (Å²) < 4.78 is 11.8. The summed E-state index contributed by atoms with van der Waals surface area (Å²) in [7, 11) is 2.64. The molecular weight excluding hydrogens is 294 g/mol. The first-order valence-corrected chi connectivity index (χ1v) is 7.04. The molecule has 0 fully saturated rings. The van der Waals surface area contributed by atoms with Crippen molar-refractivity contribution in [1.82, 2.24) is 4.57 Å². The number of aromatic nitrogens is 1. The standard InChI is InChI=1S/C18H15NO4/c1-22-17-15(18(21)23-2)19(12-8-4-3-5-9-12)14-11-7-6-10-13(14)16(17)20/h3-11H,1-2H3. The molecular formula is C18H15NO4. The van der Waals surface area contributed by atoms with Gasteiger partial charge in [0.25, 0.3) is 0 Å². The van der Waals surface area contributed by atoms with Crippen LogP contribution in [0.1, 0.15) is 10.5 Å². The Morgan fingerprint density at radius 2 is 1.61 bits per heavy atom. The molecule has 0 spiro atoms. The number of rotatable bonds is 3. The van der Waals surface area contributed by atoms with E-state index in [1.807, 2.05) is 36.4 Å². The quantitative estimate of drug-likeness (QED) is 0.698. The Labute approximate surface area is 132 Å². The lowest BCUT2D eigenvalue weighted by Crippen LogP contribution is -2.21. The fourth-order valence-electron chi connectivity index (χ4n) is 2.63. The van der Waals surface area contributed by atoms with Crippen LogP contribution in [0.15, 0.2) is 59.4 Å². The summed E-state index contributed by atoms with van der Waals surface area (Å²) in [5, 5.41) is 0.473. The van der Waals surface area contributed by atoms with Gasteiger partial charge in [-0.1, -0.05) is 30.3 Å². The lowest BCUT2D eigenvalue weighted by Gasteiger charge is -2.18. The number of ether oxygens (including phenoxy) is 2. The molecule has 23 heavy (non-hydrogen) atoms. The summed E-state index contributed by atoms with van der Waals surface area (Å²) >= 11 is 0. The summed E-state index contributed by atoms with van der Waals surface area (Å²) in [6.45, 7) is 0. The SMILES string of the molecule is COC(=O)c1c(OC)c(=O)c2ccccc2n1-c1ccccc1. The largest absolute Gasteiger partial charge is 0.491 e. The first kappa shape index (κ1) is 14.8. The Balaban J connectivity index is 2.55. The molecule has 0 aliphatic carbocycles. The van der Waals surface area contributed by atoms with E-state index in [9.17, 15) is 9.59 Å². The number of benzene rings is 2. The van der Waals surface area contributed by atoms with Crippen LogP contribution in [-0.2, 0) is 4.74 Å². The van der Waals surface area contributed by atoms with Gasteiger partial charge < -0.3 is 14.0 Å². The highest BCUT2D eigenvalue weighted by molar-refractivity contribution is 5.96. The number of carbonyl (C=O) groups is 1. The molecule has 0 saturated heterocycles. The number of esters is 1. The summed E-state index contributed by atoms with van der Waals surface area (Å²) in [6, 6.07) is 16.4. The maximum absolute atomic E-state index is 12.6. The molecule has 0 N–H and O–H groups in total. The number of hydrogen-bond acceptors (Lipinski definition) is 4. The van der Waals surface area contributed by atoms with Crippen molar-refractivity contribution in [3.63, 3.8) is 0 Å². The molecule has 0 unspecified atom stereocenters. The third-order valence-electron chi connectivity index (χ3n) is 3.63. The average Bonchev–Trinajstić information content (AvgIpc) is 2.61. The topological polar surface area (TPSA) is 57.5 Å². The van der Waals surface area contributed by atoms with E-state index in [2.05, 4.69) is 0 Å². The molecule has 5 nitrogen and oxygen atoms in total. The molecule has 116 valence electrons. The second kappa shape index (κ2) is 5.96. The molecule has 1 aromatic heterocycles. The predicted octanol–water partition coefficient (Wildman–Crippen LogP) is 2.79. The third kappa shape index (κ3) is 2.36. The van der Waals surface area contributed by atoms with Gasteiger partial charge in [0, 0.05) is 11.1 Å². The molecule has 0 saturated carbocycles. The molecule has 0 amide bonds. The van der Waals surface area contributed by atoms with Gasteiger partial charge in [0.15, 0.2) is 11.4 Å². The second-order valence-corrected chi connectivity index (χ2v) is 4.89. The van der Waals surface area contributed by atoms with Crippen molar-refractivity contribution in [2.24, 2.45) is 0 Å². The van der Waals surface area contributed by atoms with Crippen molar-refractivity contribution in [3.05, 3.63) is 70.5 Å². The van der Waals surface area contributed by atoms with Gasteiger partial charge in [-0.2, -0.15) is 0 Å². The van der Waals surface area contributed by atoms with Gasteiger partial charge in [-0.15, -0.1) is 0 Å². The van der Waals surface area contributed by atoms with Crippen LogP contribution < -0.4 is 10.2 Å². The molecule has 1 heterocycles. The first-order chi connectivity index (χ1) is 11.2. The molecule has 0 radical (unpaired) electrons. The van der Waals surface area contributed by atoms with E-state index in [1.165, 1.54) is 14.2 Å². The zero-order valence-electron chi connectivity index (χ0n) is 12.8. The van der Waals surface area contributed by atoms with Crippen LogP contribution in [-0.4, -0.2) is 24.8 Å². The Morgan fingerprint density at radius 1 is 0.957 bits per heavy atom. The van der Waals surface area contributed by atoms with E-state index in [0.29, 0.717) is 10.9 Å². The Kier molecular flexibility index (Phi) is 3.85. The highest BCUT2D eigenvalue weighted by Crippen LogP contribution is 2.26. The molecule has 0 aliphatic heterocycles. The van der Waals surface area contributed by atoms with Gasteiger partial charge in [0.2, 0.25) is 5.43 Å². The normalized spacial score (nSPS) is 10.5. The molecule has 0 atom stereocenters. The Hall–Kier alpha value is -3.08. The van der Waals surface area contributed by atoms with E-state index < -0.39 is 5.97 Å². The minimum atomic E-state index is -0.631. The highest BCUT2D eigenvalue weighted by atomic mass is 16.5. The monoisotopic (exact) mass is 309 g/mol. The molecule has 2 aromatic carbocycles. The number of para-hydroxylation sites is 2. The third-order valence-corrected chi connectivity index (χ3v) is 3.63. The summed E-state index contributed by atoms with van der Waals surface area (Å²) in [4.78, 5) is 25.0. The second-order valence-electron chi connectivity index (χ2n) is 4.89. The van der Waals surface area contributed by atoms with Crippen LogP contribution in [0, 0.1) is 0 Å². The maximum atomic E-state index is 12.6. The maximum Gasteiger partial charge on any atom is 0.359 e. The van der Waals surface area contributed by atoms with E-state index in [-0.39, 0.29) is 16.9 Å². The van der Waals surface area contributed by atoms with Crippen LogP contribution in [0.4, 0.5) is 0 Å². The van der Waals surface area contributed by atoms with Crippen molar-refractivity contribution in [1.29, 1.82) is 0 Å². The van der Waals surface area contributed by atoms with Crippen molar-refractivity contribution < 1.29 is 14.3 Å². The van der Waals surface area contributed by atoms with Crippen molar-refractivity contribution >= 4 is 16.9 Å². The minimum Gasteiger partial charge on any atom is -0.491 e. The molecule has 0 bridgehead atoms. The van der Waals surface area contributed by atoms with E-state index >= 15 is 0 Å². The summed E-state index contributed by atoms with van der Waals surface area (Å²) in [5.41, 5.74) is 1.09. The average molecular weight is 309 g/mol. The zero-order valence-corrected chi connectivity index (χ0v) is 12.8. The van der Waals surface area contributed by atoms with Crippen molar-refractivity contribution in [2.45, 2.75) is 0 Å². The van der Waals surface area contributed by atoms with Crippen LogP contribution in [0.5, 0.6) is 5.75 Å². The predicted molar refractivity (Wildman–Crippen MR) is 87.4 cm³/mol.